The maximum Gasteiger partial charge on any atom is 0.415 e. The Labute approximate surface area is 212 Å². The number of benzene rings is 2. The van der Waals surface area contributed by atoms with Gasteiger partial charge < -0.3 is 18.9 Å². The molecule has 0 aromatic heterocycles. The molecule has 2 aliphatic rings. The fourth-order valence-corrected chi connectivity index (χ4v) is 5.50. The fraction of sp³-hybridized carbons (Fsp3) is 0.519. The predicted octanol–water partition coefficient (Wildman–Crippen LogP) is 4.06. The van der Waals surface area contributed by atoms with Crippen LogP contribution in [-0.2, 0) is 28.2 Å². The smallest absolute Gasteiger partial charge is 0.415 e. The third kappa shape index (κ3) is 6.37. The topological polar surface area (TPSA) is 77.1 Å². The second-order valence-corrected chi connectivity index (χ2v) is 12.2. The highest BCUT2D eigenvalue weighted by Gasteiger charge is 2.42. The molecule has 1 N–H and O–H groups in total. The van der Waals surface area contributed by atoms with Gasteiger partial charge in [-0.05, 0) is 56.9 Å². The number of nitrogens with zero attached hydrogens (tertiary/aromatic N) is 2. The molecule has 0 aliphatic carbocycles. The van der Waals surface area contributed by atoms with Gasteiger partial charge in [-0.1, -0.05) is 42.5 Å². The lowest BCUT2D eigenvalue weighted by atomic mass is 9.80. The monoisotopic (exact) mass is 499 g/mol. The van der Waals surface area contributed by atoms with Crippen LogP contribution in [-0.4, -0.2) is 64.6 Å². The van der Waals surface area contributed by atoms with E-state index in [0.717, 1.165) is 44.7 Å². The molecule has 2 heterocycles. The molecule has 190 valence electrons. The van der Waals surface area contributed by atoms with Crippen molar-refractivity contribution in [2.45, 2.75) is 50.4 Å². The SMILES string of the molecule is CC(C)(C)[S@+]([O-])NCc1ccc(C2(N3CCN(C(=O)Oc4ccccc4)CC3)CCOCC2)cc1. The summed E-state index contributed by atoms with van der Waals surface area (Å²) < 4.78 is 26.4. The standard InChI is InChI=1S/C27H37N3O4S/c1-26(2,3)35(32)28-21-22-9-11-23(12-10-22)27(13-19-33-20-14-27)30-17-15-29(16-18-30)25(31)34-24-7-5-4-6-8-24/h4-12,28H,13-21H2,1-3H3/t35-/m0/s1. The molecule has 1 atom stereocenters. The molecule has 7 nitrogen and oxygen atoms in total. The van der Waals surface area contributed by atoms with Crippen LogP contribution in [0.15, 0.2) is 54.6 Å². The summed E-state index contributed by atoms with van der Waals surface area (Å²) in [5.74, 6) is 0.571. The lowest BCUT2D eigenvalue weighted by Crippen LogP contribution is -2.58. The number of rotatable bonds is 6. The zero-order chi connectivity index (χ0) is 24.9. The number of para-hydroxylation sites is 1. The van der Waals surface area contributed by atoms with Crippen molar-refractivity contribution in [1.82, 2.24) is 14.5 Å². The maximum atomic E-state index is 12.6. The van der Waals surface area contributed by atoms with Crippen LogP contribution in [0.1, 0.15) is 44.7 Å². The summed E-state index contributed by atoms with van der Waals surface area (Å²) >= 11 is -1.10. The molecule has 0 unspecified atom stereocenters. The highest BCUT2D eigenvalue weighted by Crippen LogP contribution is 2.39. The summed E-state index contributed by atoms with van der Waals surface area (Å²) in [7, 11) is 0. The molecule has 0 radical (unpaired) electrons. The molecule has 2 aromatic carbocycles. The van der Waals surface area contributed by atoms with E-state index in [1.165, 1.54) is 5.56 Å². The van der Waals surface area contributed by atoms with Gasteiger partial charge in [-0.25, -0.2) is 4.79 Å². The molecule has 4 rings (SSSR count). The minimum absolute atomic E-state index is 0.103. The molecule has 8 heteroatoms. The number of nitrogens with one attached hydrogen (secondary N) is 1. The van der Waals surface area contributed by atoms with E-state index in [4.69, 9.17) is 9.47 Å². The molecular formula is C27H37N3O4S. The molecular weight excluding hydrogens is 462 g/mol. The van der Waals surface area contributed by atoms with Crippen LogP contribution in [0.25, 0.3) is 0 Å². The van der Waals surface area contributed by atoms with Crippen LogP contribution in [0.4, 0.5) is 4.79 Å². The number of hydrogen-bond acceptors (Lipinski definition) is 6. The van der Waals surface area contributed by atoms with E-state index in [1.54, 1.807) is 17.0 Å². The van der Waals surface area contributed by atoms with Crippen LogP contribution in [0.2, 0.25) is 0 Å². The third-order valence-electron chi connectivity index (χ3n) is 6.87. The van der Waals surface area contributed by atoms with E-state index >= 15 is 0 Å². The average molecular weight is 500 g/mol. The molecule has 1 amide bonds. The Hall–Kier alpha value is -2.10. The Bertz CT molecular complexity index is 951. The highest BCUT2D eigenvalue weighted by atomic mass is 32.2. The van der Waals surface area contributed by atoms with E-state index in [0.29, 0.717) is 25.4 Å². The van der Waals surface area contributed by atoms with Gasteiger partial charge in [0.15, 0.2) is 0 Å². The second-order valence-electron chi connectivity index (χ2n) is 10.2. The molecule has 0 bridgehead atoms. The Balaban J connectivity index is 1.40. The van der Waals surface area contributed by atoms with Crippen molar-refractivity contribution in [3.63, 3.8) is 0 Å². The maximum absolute atomic E-state index is 12.6. The first kappa shape index (κ1) is 26.0. The van der Waals surface area contributed by atoms with Gasteiger partial charge in [0.05, 0.1) is 12.1 Å². The van der Waals surface area contributed by atoms with Gasteiger partial charge in [0.1, 0.15) is 10.5 Å². The number of carbonyl (C=O) groups excluding carboxylic acids is 1. The van der Waals surface area contributed by atoms with Crippen LogP contribution in [0, 0.1) is 0 Å². The number of amides is 1. The van der Waals surface area contributed by atoms with Gasteiger partial charge >= 0.3 is 6.09 Å². The first-order chi connectivity index (χ1) is 16.8. The van der Waals surface area contributed by atoms with Gasteiger partial charge in [0.2, 0.25) is 0 Å². The number of ether oxygens (including phenoxy) is 2. The summed E-state index contributed by atoms with van der Waals surface area (Å²) in [5.41, 5.74) is 2.29. The van der Waals surface area contributed by atoms with Crippen molar-refractivity contribution in [1.29, 1.82) is 0 Å². The minimum Gasteiger partial charge on any atom is -0.598 e. The zero-order valence-electron chi connectivity index (χ0n) is 21.0. The van der Waals surface area contributed by atoms with Crippen LogP contribution in [0.3, 0.4) is 0 Å². The largest absolute Gasteiger partial charge is 0.598 e. The second kappa shape index (κ2) is 11.3. The van der Waals surface area contributed by atoms with Gasteiger partial charge in [0, 0.05) is 50.8 Å². The molecule has 0 spiro atoms. The first-order valence-electron chi connectivity index (χ1n) is 12.4. The van der Waals surface area contributed by atoms with Crippen molar-refractivity contribution < 1.29 is 18.8 Å². The normalized spacial score (nSPS) is 19.8. The summed E-state index contributed by atoms with van der Waals surface area (Å²) in [6.45, 7) is 10.8. The Morgan fingerprint density at radius 2 is 1.66 bits per heavy atom. The van der Waals surface area contributed by atoms with Crippen molar-refractivity contribution >= 4 is 17.5 Å². The van der Waals surface area contributed by atoms with Crippen LogP contribution >= 0.6 is 0 Å². The fourth-order valence-electron chi connectivity index (χ4n) is 4.77. The average Bonchev–Trinajstić information content (AvgIpc) is 2.88. The summed E-state index contributed by atoms with van der Waals surface area (Å²) in [6.07, 6.45) is 1.56. The highest BCUT2D eigenvalue weighted by molar-refractivity contribution is 7.90. The minimum atomic E-state index is -1.10. The summed E-state index contributed by atoms with van der Waals surface area (Å²) in [5, 5.41) is 0. The summed E-state index contributed by atoms with van der Waals surface area (Å²) in [4.78, 5) is 17.0. The van der Waals surface area contributed by atoms with Crippen molar-refractivity contribution in [2.75, 3.05) is 39.4 Å². The zero-order valence-corrected chi connectivity index (χ0v) is 21.8. The third-order valence-corrected chi connectivity index (χ3v) is 8.39. The van der Waals surface area contributed by atoms with E-state index in [9.17, 15) is 9.35 Å². The Morgan fingerprint density at radius 3 is 2.26 bits per heavy atom. The summed E-state index contributed by atoms with van der Waals surface area (Å²) in [6, 6.07) is 17.9. The molecule has 2 aliphatic heterocycles. The van der Waals surface area contributed by atoms with Crippen molar-refractivity contribution in [3.05, 3.63) is 65.7 Å². The van der Waals surface area contributed by atoms with Gasteiger partial charge in [-0.2, -0.15) is 0 Å². The molecule has 2 saturated heterocycles. The lowest BCUT2D eigenvalue weighted by molar-refractivity contribution is -0.0483. The lowest BCUT2D eigenvalue weighted by Gasteiger charge is -2.49. The molecule has 2 aromatic rings. The van der Waals surface area contributed by atoms with Crippen LogP contribution in [0.5, 0.6) is 5.75 Å². The van der Waals surface area contributed by atoms with Gasteiger partial charge in [0.25, 0.3) is 0 Å². The predicted molar refractivity (Wildman–Crippen MR) is 139 cm³/mol. The van der Waals surface area contributed by atoms with E-state index in [-0.39, 0.29) is 16.4 Å². The molecule has 2 fully saturated rings. The van der Waals surface area contributed by atoms with Gasteiger partial charge in [-0.15, -0.1) is 4.72 Å². The van der Waals surface area contributed by atoms with Crippen molar-refractivity contribution in [3.8, 4) is 5.75 Å². The number of piperazine rings is 1. The molecule has 0 saturated carbocycles. The number of carbonyl (C=O) groups is 1. The van der Waals surface area contributed by atoms with E-state index in [1.807, 2.05) is 39.0 Å². The Kier molecular flexibility index (Phi) is 8.39. The first-order valence-corrected chi connectivity index (χ1v) is 13.5. The van der Waals surface area contributed by atoms with Crippen molar-refractivity contribution in [2.24, 2.45) is 0 Å². The quantitative estimate of drug-likeness (QED) is 0.604. The molecule has 35 heavy (non-hydrogen) atoms. The van der Waals surface area contributed by atoms with E-state index in [2.05, 4.69) is 33.9 Å². The van der Waals surface area contributed by atoms with Gasteiger partial charge in [-0.3, -0.25) is 4.90 Å². The number of hydrogen-bond donors (Lipinski definition) is 1. The van der Waals surface area contributed by atoms with Crippen LogP contribution < -0.4 is 9.46 Å². The van der Waals surface area contributed by atoms with E-state index < -0.39 is 11.4 Å². The Morgan fingerprint density at radius 1 is 1.03 bits per heavy atom.